The highest BCUT2D eigenvalue weighted by Gasteiger charge is 2.09. The summed E-state index contributed by atoms with van der Waals surface area (Å²) in [5, 5.41) is 3.16. The number of aryl methyl sites for hydroxylation is 1. The Labute approximate surface area is 95.1 Å². The van der Waals surface area contributed by atoms with Crippen LogP contribution in [0.1, 0.15) is 15.9 Å². The van der Waals surface area contributed by atoms with Crippen LogP contribution in [0.5, 0.6) is 0 Å². The number of esters is 1. The van der Waals surface area contributed by atoms with Crippen LogP contribution in [0, 0.1) is 6.92 Å². The third kappa shape index (κ3) is 2.70. The Balaban J connectivity index is 1.90. The van der Waals surface area contributed by atoms with Gasteiger partial charge in [0.25, 0.3) is 0 Å². The molecule has 3 nitrogen and oxygen atoms in total. The number of carbonyl (C=O) groups is 1. The van der Waals surface area contributed by atoms with Crippen LogP contribution in [0.25, 0.3) is 0 Å². The average Bonchev–Trinajstić information content (AvgIpc) is 2.80. The maximum atomic E-state index is 11.6. The van der Waals surface area contributed by atoms with E-state index in [-0.39, 0.29) is 5.97 Å². The zero-order valence-electron chi connectivity index (χ0n) is 9.32. The van der Waals surface area contributed by atoms with Gasteiger partial charge in [0, 0.05) is 13.1 Å². The lowest BCUT2D eigenvalue weighted by molar-refractivity contribution is 0.0539. The molecule has 0 bridgehead atoms. The van der Waals surface area contributed by atoms with Crippen molar-refractivity contribution in [3.8, 4) is 0 Å². The summed E-state index contributed by atoms with van der Waals surface area (Å²) < 4.78 is 5.20. The minimum Gasteiger partial charge on any atom is -0.458 e. The van der Waals surface area contributed by atoms with Crippen molar-refractivity contribution in [1.29, 1.82) is 0 Å². The molecular formula is C13H15NO2. The third-order valence-electron chi connectivity index (χ3n) is 2.56. The van der Waals surface area contributed by atoms with Crippen molar-refractivity contribution < 1.29 is 9.53 Å². The first-order valence-corrected chi connectivity index (χ1v) is 5.38. The molecule has 2 rings (SSSR count). The van der Waals surface area contributed by atoms with Gasteiger partial charge < -0.3 is 10.1 Å². The predicted molar refractivity (Wildman–Crippen MR) is 62.4 cm³/mol. The second-order valence-corrected chi connectivity index (χ2v) is 3.94. The fourth-order valence-corrected chi connectivity index (χ4v) is 1.56. The van der Waals surface area contributed by atoms with E-state index < -0.39 is 0 Å². The lowest BCUT2D eigenvalue weighted by Gasteiger charge is -2.05. The third-order valence-corrected chi connectivity index (χ3v) is 2.56. The summed E-state index contributed by atoms with van der Waals surface area (Å²) in [5.41, 5.74) is 2.89. The van der Waals surface area contributed by atoms with Crippen molar-refractivity contribution >= 4 is 5.97 Å². The molecule has 0 aromatic heterocycles. The quantitative estimate of drug-likeness (QED) is 0.618. The van der Waals surface area contributed by atoms with Gasteiger partial charge in [-0.3, -0.25) is 0 Å². The van der Waals surface area contributed by atoms with Crippen LogP contribution in [0.15, 0.2) is 35.9 Å². The van der Waals surface area contributed by atoms with E-state index in [1.807, 2.05) is 19.1 Å². The molecule has 1 N–H and O–H groups in total. The van der Waals surface area contributed by atoms with Gasteiger partial charge in [-0.2, -0.15) is 0 Å². The van der Waals surface area contributed by atoms with E-state index in [0.717, 1.165) is 24.2 Å². The van der Waals surface area contributed by atoms with Crippen molar-refractivity contribution in [2.75, 3.05) is 19.7 Å². The second kappa shape index (κ2) is 4.94. The highest BCUT2D eigenvalue weighted by molar-refractivity contribution is 5.89. The van der Waals surface area contributed by atoms with Crippen LogP contribution in [0.2, 0.25) is 0 Å². The Hall–Kier alpha value is -1.61. The van der Waals surface area contributed by atoms with Gasteiger partial charge in [-0.15, -0.1) is 0 Å². The maximum absolute atomic E-state index is 11.6. The van der Waals surface area contributed by atoms with E-state index >= 15 is 0 Å². The van der Waals surface area contributed by atoms with Gasteiger partial charge >= 0.3 is 5.97 Å². The minimum atomic E-state index is -0.257. The number of hydrogen-bond donors (Lipinski definition) is 1. The molecule has 16 heavy (non-hydrogen) atoms. The number of rotatable bonds is 3. The minimum absolute atomic E-state index is 0.257. The fraction of sp³-hybridized carbons (Fsp3) is 0.308. The van der Waals surface area contributed by atoms with Crippen molar-refractivity contribution in [2.24, 2.45) is 0 Å². The van der Waals surface area contributed by atoms with Crippen molar-refractivity contribution in [2.45, 2.75) is 6.92 Å². The Morgan fingerprint density at radius 1 is 1.38 bits per heavy atom. The molecule has 0 spiro atoms. The van der Waals surface area contributed by atoms with E-state index in [0.29, 0.717) is 12.2 Å². The van der Waals surface area contributed by atoms with E-state index in [1.165, 1.54) is 0 Å². The molecule has 0 unspecified atom stereocenters. The summed E-state index contributed by atoms with van der Waals surface area (Å²) in [4.78, 5) is 11.6. The Morgan fingerprint density at radius 2 is 2.12 bits per heavy atom. The summed E-state index contributed by atoms with van der Waals surface area (Å²) in [6.45, 7) is 4.07. The molecule has 0 fully saturated rings. The SMILES string of the molecule is Cc1ccc(C(=O)OCC2=CCNC2)cc1. The Kier molecular flexibility index (Phi) is 3.37. The molecule has 1 aliphatic heterocycles. The number of carbonyl (C=O) groups excluding carboxylic acids is 1. The summed E-state index contributed by atoms with van der Waals surface area (Å²) in [6.07, 6.45) is 2.06. The average molecular weight is 217 g/mol. The molecule has 0 aliphatic carbocycles. The van der Waals surface area contributed by atoms with Gasteiger partial charge in [0.15, 0.2) is 0 Å². The summed E-state index contributed by atoms with van der Waals surface area (Å²) >= 11 is 0. The lowest BCUT2D eigenvalue weighted by Crippen LogP contribution is -2.13. The van der Waals surface area contributed by atoms with E-state index in [4.69, 9.17) is 4.74 Å². The van der Waals surface area contributed by atoms with E-state index in [1.54, 1.807) is 12.1 Å². The van der Waals surface area contributed by atoms with E-state index in [9.17, 15) is 4.79 Å². The smallest absolute Gasteiger partial charge is 0.338 e. The van der Waals surface area contributed by atoms with Gasteiger partial charge in [0.2, 0.25) is 0 Å². The number of hydrogen-bond acceptors (Lipinski definition) is 3. The number of ether oxygens (including phenoxy) is 1. The van der Waals surface area contributed by atoms with Crippen LogP contribution in [0.4, 0.5) is 0 Å². The normalized spacial score (nSPS) is 14.7. The van der Waals surface area contributed by atoms with Crippen LogP contribution < -0.4 is 5.32 Å². The summed E-state index contributed by atoms with van der Waals surface area (Å²) in [5.74, 6) is -0.257. The zero-order chi connectivity index (χ0) is 11.4. The monoisotopic (exact) mass is 217 g/mol. The molecule has 1 aliphatic rings. The van der Waals surface area contributed by atoms with Gasteiger partial charge in [-0.25, -0.2) is 4.79 Å². The fourth-order valence-electron chi connectivity index (χ4n) is 1.56. The van der Waals surface area contributed by atoms with Gasteiger partial charge in [0.05, 0.1) is 5.56 Å². The molecule has 0 amide bonds. The summed E-state index contributed by atoms with van der Waals surface area (Å²) in [6, 6.07) is 7.40. The first-order chi connectivity index (χ1) is 7.75. The molecule has 0 saturated heterocycles. The van der Waals surface area contributed by atoms with Crippen LogP contribution in [-0.2, 0) is 4.74 Å². The molecular weight excluding hydrogens is 202 g/mol. The maximum Gasteiger partial charge on any atom is 0.338 e. The Morgan fingerprint density at radius 3 is 2.75 bits per heavy atom. The second-order valence-electron chi connectivity index (χ2n) is 3.94. The number of benzene rings is 1. The van der Waals surface area contributed by atoms with Crippen LogP contribution in [0.3, 0.4) is 0 Å². The largest absolute Gasteiger partial charge is 0.458 e. The standard InChI is InChI=1S/C13H15NO2/c1-10-2-4-12(5-3-10)13(15)16-9-11-6-7-14-8-11/h2-6,14H,7-9H2,1H3. The van der Waals surface area contributed by atoms with Crippen LogP contribution in [-0.4, -0.2) is 25.7 Å². The van der Waals surface area contributed by atoms with Gasteiger partial charge in [-0.1, -0.05) is 23.8 Å². The van der Waals surface area contributed by atoms with Gasteiger partial charge in [0.1, 0.15) is 6.61 Å². The molecule has 1 aromatic carbocycles. The molecule has 84 valence electrons. The molecule has 0 saturated carbocycles. The van der Waals surface area contributed by atoms with Gasteiger partial charge in [-0.05, 0) is 24.6 Å². The zero-order valence-corrected chi connectivity index (χ0v) is 9.32. The number of nitrogens with one attached hydrogen (secondary N) is 1. The lowest BCUT2D eigenvalue weighted by atomic mass is 10.1. The molecule has 3 heteroatoms. The van der Waals surface area contributed by atoms with Crippen molar-refractivity contribution in [3.63, 3.8) is 0 Å². The van der Waals surface area contributed by atoms with E-state index in [2.05, 4.69) is 11.4 Å². The van der Waals surface area contributed by atoms with Crippen LogP contribution >= 0.6 is 0 Å². The Bertz CT molecular complexity index is 406. The molecule has 0 atom stereocenters. The first kappa shape index (κ1) is 10.9. The van der Waals surface area contributed by atoms with Crippen molar-refractivity contribution in [3.05, 3.63) is 47.0 Å². The first-order valence-electron chi connectivity index (χ1n) is 5.38. The topological polar surface area (TPSA) is 38.3 Å². The molecule has 1 aromatic rings. The molecule has 0 radical (unpaired) electrons. The predicted octanol–water partition coefficient (Wildman–Crippen LogP) is 1.68. The highest BCUT2D eigenvalue weighted by Crippen LogP contribution is 2.06. The molecule has 1 heterocycles. The summed E-state index contributed by atoms with van der Waals surface area (Å²) in [7, 11) is 0. The highest BCUT2D eigenvalue weighted by atomic mass is 16.5. The van der Waals surface area contributed by atoms with Crippen molar-refractivity contribution in [1.82, 2.24) is 5.32 Å².